The zero-order valence-electron chi connectivity index (χ0n) is 8.27. The topological polar surface area (TPSA) is 95.6 Å². The molecule has 0 radical (unpaired) electrons. The molecule has 0 saturated carbocycles. The number of H-pyrrole nitrogens is 1. The molecule has 0 bridgehead atoms. The van der Waals surface area contributed by atoms with Gasteiger partial charge in [0.15, 0.2) is 0 Å². The summed E-state index contributed by atoms with van der Waals surface area (Å²) < 4.78 is 0. The highest BCUT2D eigenvalue weighted by Gasteiger charge is 2.03. The first-order valence-electron chi connectivity index (χ1n) is 4.55. The van der Waals surface area contributed by atoms with Crippen molar-refractivity contribution >= 4 is 22.9 Å². The van der Waals surface area contributed by atoms with Crippen LogP contribution in [0.25, 0.3) is 17.0 Å². The van der Waals surface area contributed by atoms with Crippen molar-refractivity contribution in [3.8, 4) is 6.07 Å². The first-order chi connectivity index (χ1) is 7.70. The first-order valence-corrected chi connectivity index (χ1v) is 4.55. The van der Waals surface area contributed by atoms with E-state index in [2.05, 4.69) is 10.2 Å². The smallest absolute Gasteiger partial charge is 0.259 e. The van der Waals surface area contributed by atoms with Crippen LogP contribution < -0.4 is 5.73 Å². The molecule has 0 aliphatic heterocycles. The molecule has 5 nitrogen and oxygen atoms in total. The maximum absolute atomic E-state index is 10.9. The Kier molecular flexibility index (Phi) is 2.40. The van der Waals surface area contributed by atoms with Gasteiger partial charge in [-0.2, -0.15) is 10.4 Å². The molecule has 2 aromatic rings. The van der Waals surface area contributed by atoms with Crippen molar-refractivity contribution < 1.29 is 4.79 Å². The lowest BCUT2D eigenvalue weighted by Gasteiger charge is -1.95. The van der Waals surface area contributed by atoms with E-state index in [1.165, 1.54) is 6.08 Å². The number of rotatable bonds is 2. The van der Waals surface area contributed by atoms with Crippen LogP contribution in [0.15, 0.2) is 30.0 Å². The second kappa shape index (κ2) is 3.87. The van der Waals surface area contributed by atoms with Crippen LogP contribution in [-0.2, 0) is 4.79 Å². The molecule has 78 valence electrons. The molecule has 0 saturated heterocycles. The summed E-state index contributed by atoms with van der Waals surface area (Å²) >= 11 is 0. The van der Waals surface area contributed by atoms with Gasteiger partial charge in [-0.1, -0.05) is 12.1 Å². The average Bonchev–Trinajstić information content (AvgIpc) is 2.72. The van der Waals surface area contributed by atoms with Crippen LogP contribution in [0.1, 0.15) is 5.56 Å². The zero-order valence-corrected chi connectivity index (χ0v) is 8.27. The summed E-state index contributed by atoms with van der Waals surface area (Å²) in [7, 11) is 0. The van der Waals surface area contributed by atoms with E-state index in [1.54, 1.807) is 24.4 Å². The van der Waals surface area contributed by atoms with Gasteiger partial charge < -0.3 is 5.73 Å². The minimum atomic E-state index is -0.729. The van der Waals surface area contributed by atoms with Crippen molar-refractivity contribution in [1.29, 1.82) is 5.26 Å². The number of nitrogens with zero attached hydrogens (tertiary/aromatic N) is 2. The van der Waals surface area contributed by atoms with E-state index in [0.29, 0.717) is 0 Å². The van der Waals surface area contributed by atoms with Gasteiger partial charge in [-0.05, 0) is 17.7 Å². The third-order valence-electron chi connectivity index (χ3n) is 2.16. The fourth-order valence-electron chi connectivity index (χ4n) is 1.37. The summed E-state index contributed by atoms with van der Waals surface area (Å²) in [6.07, 6.45) is 3.14. The molecule has 16 heavy (non-hydrogen) atoms. The second-order valence-electron chi connectivity index (χ2n) is 3.25. The van der Waals surface area contributed by atoms with Crippen molar-refractivity contribution in [2.75, 3.05) is 0 Å². The van der Waals surface area contributed by atoms with Crippen LogP contribution in [0.2, 0.25) is 0 Å². The number of aromatic amines is 1. The summed E-state index contributed by atoms with van der Waals surface area (Å²) in [4.78, 5) is 10.9. The van der Waals surface area contributed by atoms with Crippen LogP contribution >= 0.6 is 0 Å². The Labute approximate surface area is 91.2 Å². The van der Waals surface area contributed by atoms with E-state index in [-0.39, 0.29) is 5.57 Å². The molecular weight excluding hydrogens is 204 g/mol. The predicted octanol–water partition coefficient (Wildman–Crippen LogP) is 0.955. The molecule has 1 aromatic heterocycles. The molecule has 1 heterocycles. The van der Waals surface area contributed by atoms with Crippen molar-refractivity contribution in [2.24, 2.45) is 5.73 Å². The number of hydrogen-bond acceptors (Lipinski definition) is 3. The number of primary amides is 1. The highest BCUT2D eigenvalue weighted by atomic mass is 16.1. The number of amides is 1. The Balaban J connectivity index is 2.48. The summed E-state index contributed by atoms with van der Waals surface area (Å²) in [5, 5.41) is 16.3. The molecule has 0 aliphatic carbocycles. The number of hydrogen-bond donors (Lipinski definition) is 2. The van der Waals surface area contributed by atoms with Gasteiger partial charge in [0.1, 0.15) is 11.6 Å². The largest absolute Gasteiger partial charge is 0.365 e. The van der Waals surface area contributed by atoms with Gasteiger partial charge in [0.25, 0.3) is 5.91 Å². The fourth-order valence-corrected chi connectivity index (χ4v) is 1.37. The lowest BCUT2D eigenvalue weighted by molar-refractivity contribution is -0.114. The van der Waals surface area contributed by atoms with Gasteiger partial charge in [0.05, 0.1) is 11.7 Å². The minimum Gasteiger partial charge on any atom is -0.365 e. The Morgan fingerprint density at radius 3 is 3.06 bits per heavy atom. The summed E-state index contributed by atoms with van der Waals surface area (Å²) in [6, 6.07) is 7.18. The zero-order chi connectivity index (χ0) is 11.5. The molecule has 2 rings (SSSR count). The van der Waals surface area contributed by atoms with Gasteiger partial charge in [-0.25, -0.2) is 0 Å². The third kappa shape index (κ3) is 1.77. The van der Waals surface area contributed by atoms with E-state index < -0.39 is 5.91 Å². The third-order valence-corrected chi connectivity index (χ3v) is 2.16. The summed E-state index contributed by atoms with van der Waals surface area (Å²) in [6.45, 7) is 0. The number of carbonyl (C=O) groups is 1. The van der Waals surface area contributed by atoms with E-state index in [0.717, 1.165) is 16.5 Å². The van der Waals surface area contributed by atoms with Gasteiger partial charge in [-0.3, -0.25) is 9.89 Å². The molecule has 0 fully saturated rings. The summed E-state index contributed by atoms with van der Waals surface area (Å²) in [5.41, 5.74) is 6.54. The Bertz CT molecular complexity index is 618. The molecule has 0 atom stereocenters. The monoisotopic (exact) mass is 212 g/mol. The SMILES string of the molecule is N#C/C(=C/c1ccc2cn[nH]c2c1)C(N)=O. The van der Waals surface area contributed by atoms with Gasteiger partial charge in [0.2, 0.25) is 0 Å². The number of benzene rings is 1. The molecule has 1 aromatic carbocycles. The normalized spacial score (nSPS) is 11.3. The Hall–Kier alpha value is -2.61. The number of nitriles is 1. The fraction of sp³-hybridized carbons (Fsp3) is 0. The van der Waals surface area contributed by atoms with Crippen molar-refractivity contribution in [3.05, 3.63) is 35.5 Å². The molecular formula is C11H8N4O. The number of nitrogens with two attached hydrogens (primary N) is 1. The molecule has 0 unspecified atom stereocenters. The van der Waals surface area contributed by atoms with Crippen molar-refractivity contribution in [3.63, 3.8) is 0 Å². The van der Waals surface area contributed by atoms with E-state index in [4.69, 9.17) is 11.0 Å². The average molecular weight is 212 g/mol. The Morgan fingerprint density at radius 1 is 1.56 bits per heavy atom. The molecule has 5 heteroatoms. The highest BCUT2D eigenvalue weighted by molar-refractivity contribution is 6.00. The first kappa shape index (κ1) is 9.93. The molecule has 0 spiro atoms. The van der Waals surface area contributed by atoms with Crippen LogP contribution in [-0.4, -0.2) is 16.1 Å². The number of carbonyl (C=O) groups excluding carboxylic acids is 1. The standard InChI is InChI=1S/C11H8N4O/c12-5-9(11(13)16)3-7-1-2-8-6-14-15-10(8)4-7/h1-4,6H,(H2,13,16)(H,14,15)/b9-3-. The number of aromatic nitrogens is 2. The molecule has 1 amide bonds. The van der Waals surface area contributed by atoms with E-state index in [9.17, 15) is 4.79 Å². The van der Waals surface area contributed by atoms with Gasteiger partial charge in [0, 0.05) is 5.39 Å². The van der Waals surface area contributed by atoms with Crippen molar-refractivity contribution in [1.82, 2.24) is 10.2 Å². The lowest BCUT2D eigenvalue weighted by Crippen LogP contribution is -2.12. The van der Waals surface area contributed by atoms with E-state index in [1.807, 2.05) is 6.07 Å². The van der Waals surface area contributed by atoms with E-state index >= 15 is 0 Å². The van der Waals surface area contributed by atoms with Crippen LogP contribution in [0.3, 0.4) is 0 Å². The van der Waals surface area contributed by atoms with Crippen LogP contribution in [0.4, 0.5) is 0 Å². The van der Waals surface area contributed by atoms with Gasteiger partial charge >= 0.3 is 0 Å². The number of fused-ring (bicyclic) bond motifs is 1. The van der Waals surface area contributed by atoms with Crippen LogP contribution in [0.5, 0.6) is 0 Å². The molecule has 0 aliphatic rings. The van der Waals surface area contributed by atoms with Crippen LogP contribution in [0, 0.1) is 11.3 Å². The lowest BCUT2D eigenvalue weighted by atomic mass is 10.1. The quantitative estimate of drug-likeness (QED) is 0.573. The summed E-state index contributed by atoms with van der Waals surface area (Å²) in [5.74, 6) is -0.729. The number of nitrogens with one attached hydrogen (secondary N) is 1. The Morgan fingerprint density at radius 2 is 2.38 bits per heavy atom. The van der Waals surface area contributed by atoms with Gasteiger partial charge in [-0.15, -0.1) is 0 Å². The maximum atomic E-state index is 10.9. The van der Waals surface area contributed by atoms with Crippen molar-refractivity contribution in [2.45, 2.75) is 0 Å². The molecule has 3 N–H and O–H groups in total. The highest BCUT2D eigenvalue weighted by Crippen LogP contribution is 2.14. The predicted molar refractivity (Wildman–Crippen MR) is 58.9 cm³/mol. The maximum Gasteiger partial charge on any atom is 0.259 e. The second-order valence-corrected chi connectivity index (χ2v) is 3.25. The minimum absolute atomic E-state index is 0.0705.